The second-order valence-corrected chi connectivity index (χ2v) is 7.58. The quantitative estimate of drug-likeness (QED) is 0.688. The zero-order chi connectivity index (χ0) is 19.0. The summed E-state index contributed by atoms with van der Waals surface area (Å²) in [6.45, 7) is 7.99. The van der Waals surface area contributed by atoms with Gasteiger partial charge in [-0.25, -0.2) is 15.0 Å². The Kier molecular flexibility index (Phi) is 4.60. The molecule has 0 spiro atoms. The van der Waals surface area contributed by atoms with Gasteiger partial charge in [0.1, 0.15) is 6.33 Å². The first-order chi connectivity index (χ1) is 13.0. The van der Waals surface area contributed by atoms with Crippen LogP contribution in [0.3, 0.4) is 0 Å². The Bertz CT molecular complexity index is 1000. The Morgan fingerprint density at radius 1 is 1.19 bits per heavy atom. The number of aromatic nitrogens is 3. The first-order valence-electron chi connectivity index (χ1n) is 9.50. The van der Waals surface area contributed by atoms with Gasteiger partial charge in [-0.15, -0.1) is 0 Å². The average molecular weight is 360 g/mol. The van der Waals surface area contributed by atoms with Crippen molar-refractivity contribution in [1.82, 2.24) is 19.9 Å². The molecule has 3 heterocycles. The second kappa shape index (κ2) is 7.06. The Balaban J connectivity index is 1.90. The number of pyridine rings is 1. The highest BCUT2D eigenvalue weighted by Gasteiger charge is 2.25. The maximum atomic E-state index is 13.4. The number of aryl methyl sites for hydroxylation is 2. The summed E-state index contributed by atoms with van der Waals surface area (Å²) in [5, 5.41) is 0.918. The summed E-state index contributed by atoms with van der Waals surface area (Å²) in [5.74, 6) is 0.636. The van der Waals surface area contributed by atoms with Crippen LogP contribution in [0.25, 0.3) is 22.2 Å². The van der Waals surface area contributed by atoms with Crippen LogP contribution in [0.5, 0.6) is 0 Å². The number of carbonyl (C=O) groups is 1. The predicted octanol–water partition coefficient (Wildman–Crippen LogP) is 4.18. The number of nitrogens with zero attached hydrogens (tertiary/aromatic N) is 4. The van der Waals surface area contributed by atoms with Crippen LogP contribution < -0.4 is 0 Å². The third-order valence-electron chi connectivity index (χ3n) is 5.54. The Morgan fingerprint density at radius 3 is 2.70 bits per heavy atom. The molecule has 0 radical (unpaired) electrons. The summed E-state index contributed by atoms with van der Waals surface area (Å²) in [5.41, 5.74) is 5.43. The van der Waals surface area contributed by atoms with Crippen molar-refractivity contribution in [2.24, 2.45) is 5.92 Å². The number of rotatable bonds is 2. The van der Waals surface area contributed by atoms with Crippen molar-refractivity contribution >= 4 is 16.8 Å². The zero-order valence-corrected chi connectivity index (χ0v) is 16.1. The molecule has 1 aromatic carbocycles. The van der Waals surface area contributed by atoms with Crippen LogP contribution >= 0.6 is 0 Å². The minimum atomic E-state index is 0.0929. The van der Waals surface area contributed by atoms with E-state index in [1.54, 1.807) is 12.4 Å². The number of hydrogen-bond acceptors (Lipinski definition) is 4. The molecule has 0 bridgehead atoms. The van der Waals surface area contributed by atoms with Crippen LogP contribution in [0.15, 0.2) is 36.9 Å². The number of benzene rings is 1. The van der Waals surface area contributed by atoms with Gasteiger partial charge in [-0.05, 0) is 49.8 Å². The lowest BCUT2D eigenvalue weighted by molar-refractivity contribution is 0.0685. The first-order valence-corrected chi connectivity index (χ1v) is 9.50. The van der Waals surface area contributed by atoms with E-state index in [9.17, 15) is 4.79 Å². The lowest BCUT2D eigenvalue weighted by Gasteiger charge is -2.31. The third kappa shape index (κ3) is 3.29. The van der Waals surface area contributed by atoms with E-state index >= 15 is 0 Å². The smallest absolute Gasteiger partial charge is 0.254 e. The predicted molar refractivity (Wildman–Crippen MR) is 107 cm³/mol. The Morgan fingerprint density at radius 2 is 1.96 bits per heavy atom. The minimum Gasteiger partial charge on any atom is -0.338 e. The molecule has 1 fully saturated rings. The van der Waals surface area contributed by atoms with Gasteiger partial charge in [-0.1, -0.05) is 19.1 Å². The van der Waals surface area contributed by atoms with E-state index in [1.165, 1.54) is 18.3 Å². The molecule has 27 heavy (non-hydrogen) atoms. The van der Waals surface area contributed by atoms with E-state index in [-0.39, 0.29) is 5.91 Å². The van der Waals surface area contributed by atoms with E-state index in [1.807, 2.05) is 17.0 Å². The number of likely N-dealkylation sites (tertiary alicyclic amines) is 1. The molecule has 0 N–H and O–H groups in total. The van der Waals surface area contributed by atoms with Crippen LogP contribution in [0, 0.1) is 19.8 Å². The lowest BCUT2D eigenvalue weighted by Crippen LogP contribution is -2.39. The van der Waals surface area contributed by atoms with Crippen molar-refractivity contribution in [3.05, 3.63) is 53.6 Å². The van der Waals surface area contributed by atoms with Gasteiger partial charge in [0.05, 0.1) is 16.8 Å². The zero-order valence-electron chi connectivity index (χ0n) is 16.1. The van der Waals surface area contributed by atoms with Crippen molar-refractivity contribution in [2.45, 2.75) is 33.6 Å². The highest BCUT2D eigenvalue weighted by atomic mass is 16.2. The van der Waals surface area contributed by atoms with Gasteiger partial charge >= 0.3 is 0 Å². The van der Waals surface area contributed by atoms with Gasteiger partial charge in [0.25, 0.3) is 5.91 Å². The molecule has 0 aliphatic carbocycles. The highest BCUT2D eigenvalue weighted by molar-refractivity contribution is 6.08. The van der Waals surface area contributed by atoms with E-state index in [0.29, 0.717) is 5.92 Å². The van der Waals surface area contributed by atoms with Crippen LogP contribution in [-0.2, 0) is 0 Å². The summed E-state index contributed by atoms with van der Waals surface area (Å²) in [4.78, 5) is 28.5. The number of carbonyl (C=O) groups excluding carboxylic acids is 1. The number of hydrogen-bond donors (Lipinski definition) is 0. The second-order valence-electron chi connectivity index (χ2n) is 7.58. The lowest BCUT2D eigenvalue weighted by atomic mass is 9.96. The van der Waals surface area contributed by atoms with Crippen LogP contribution in [0.2, 0.25) is 0 Å². The Labute approximate surface area is 159 Å². The molecule has 138 valence electrons. The number of amides is 1. The fourth-order valence-corrected chi connectivity index (χ4v) is 3.83. The van der Waals surface area contributed by atoms with Gasteiger partial charge in [-0.3, -0.25) is 4.79 Å². The topological polar surface area (TPSA) is 59.0 Å². The summed E-state index contributed by atoms with van der Waals surface area (Å²) in [6, 6.07) is 5.99. The molecule has 2 aromatic heterocycles. The monoisotopic (exact) mass is 360 g/mol. The summed E-state index contributed by atoms with van der Waals surface area (Å²) in [6.07, 6.45) is 7.23. The molecule has 0 saturated carbocycles. The van der Waals surface area contributed by atoms with Gasteiger partial charge in [0.2, 0.25) is 0 Å². The van der Waals surface area contributed by atoms with E-state index < -0.39 is 0 Å². The van der Waals surface area contributed by atoms with Crippen molar-refractivity contribution in [2.75, 3.05) is 13.1 Å². The molecule has 1 aliphatic rings. The van der Waals surface area contributed by atoms with Crippen LogP contribution in [0.1, 0.15) is 41.3 Å². The first kappa shape index (κ1) is 17.6. The van der Waals surface area contributed by atoms with E-state index in [4.69, 9.17) is 4.98 Å². The maximum absolute atomic E-state index is 13.4. The fraction of sp³-hybridized carbons (Fsp3) is 0.364. The normalized spacial score (nSPS) is 17.3. The fourth-order valence-electron chi connectivity index (χ4n) is 3.83. The Hall–Kier alpha value is -2.82. The maximum Gasteiger partial charge on any atom is 0.254 e. The van der Waals surface area contributed by atoms with Gasteiger partial charge in [0, 0.05) is 36.4 Å². The molecule has 1 atom stereocenters. The summed E-state index contributed by atoms with van der Waals surface area (Å²) in [7, 11) is 0. The summed E-state index contributed by atoms with van der Waals surface area (Å²) < 4.78 is 0. The molecule has 3 aromatic rings. The van der Waals surface area contributed by atoms with Crippen molar-refractivity contribution in [3.8, 4) is 11.3 Å². The van der Waals surface area contributed by atoms with Crippen molar-refractivity contribution in [1.29, 1.82) is 0 Å². The van der Waals surface area contributed by atoms with Crippen LogP contribution in [-0.4, -0.2) is 38.8 Å². The van der Waals surface area contributed by atoms with Crippen LogP contribution in [0.4, 0.5) is 0 Å². The number of piperidine rings is 1. The number of fused-ring (bicyclic) bond motifs is 1. The SMILES string of the molecule is Cc1ccc2c(C(=O)N3CCCC(C)C3)cc(-c3cncnc3)nc2c1C. The van der Waals surface area contributed by atoms with E-state index in [2.05, 4.69) is 36.8 Å². The molecule has 5 nitrogen and oxygen atoms in total. The molecule has 1 saturated heterocycles. The average Bonchev–Trinajstić information content (AvgIpc) is 2.70. The molecule has 1 amide bonds. The molecule has 1 aliphatic heterocycles. The highest BCUT2D eigenvalue weighted by Crippen LogP contribution is 2.29. The standard InChI is InChI=1S/C22H24N4O/c1-14-5-4-8-26(12-14)22(27)19-9-20(17-10-23-13-24-11-17)25-21-16(3)15(2)6-7-18(19)21/h6-7,9-11,13-14H,4-5,8,12H2,1-3H3. The minimum absolute atomic E-state index is 0.0929. The third-order valence-corrected chi connectivity index (χ3v) is 5.54. The van der Waals surface area contributed by atoms with Crippen molar-refractivity contribution in [3.63, 3.8) is 0 Å². The summed E-state index contributed by atoms with van der Waals surface area (Å²) >= 11 is 0. The molecule has 5 heteroatoms. The molecular formula is C22H24N4O. The molecule has 1 unspecified atom stereocenters. The molecule has 4 rings (SSSR count). The largest absolute Gasteiger partial charge is 0.338 e. The van der Waals surface area contributed by atoms with Gasteiger partial charge in [0.15, 0.2) is 0 Å². The molecular weight excluding hydrogens is 336 g/mol. The van der Waals surface area contributed by atoms with Gasteiger partial charge in [-0.2, -0.15) is 0 Å². The van der Waals surface area contributed by atoms with Gasteiger partial charge < -0.3 is 4.90 Å². The van der Waals surface area contributed by atoms with E-state index in [0.717, 1.165) is 52.8 Å². The van der Waals surface area contributed by atoms with Crippen molar-refractivity contribution < 1.29 is 4.79 Å².